The van der Waals surface area contributed by atoms with Gasteiger partial charge in [0.1, 0.15) is 8.07 Å². The molecule has 1 nitrogen and oxygen atoms in total. The summed E-state index contributed by atoms with van der Waals surface area (Å²) in [6.45, 7) is 5.03. The molecule has 0 bridgehead atoms. The third kappa shape index (κ3) is 2.98. The molecular formula is C12H14F4OSi. The van der Waals surface area contributed by atoms with Crippen molar-refractivity contribution in [3.63, 3.8) is 0 Å². The third-order valence-electron chi connectivity index (χ3n) is 3.14. The molecule has 0 aliphatic carbocycles. The summed E-state index contributed by atoms with van der Waals surface area (Å²) in [5.74, 6) is -2.89. The number of carbonyl (C=O) groups excluding carboxylic acids is 1. The van der Waals surface area contributed by atoms with Gasteiger partial charge in [0.15, 0.2) is 0 Å². The molecule has 1 atom stereocenters. The van der Waals surface area contributed by atoms with Gasteiger partial charge < -0.3 is 0 Å². The lowest BCUT2D eigenvalue weighted by molar-refractivity contribution is -0.0885. The fourth-order valence-electron chi connectivity index (χ4n) is 1.44. The maximum atomic E-state index is 13.4. The van der Waals surface area contributed by atoms with Crippen LogP contribution in [0.25, 0.3) is 0 Å². The summed E-state index contributed by atoms with van der Waals surface area (Å²) in [4.78, 5) is 11.0. The van der Waals surface area contributed by atoms with Gasteiger partial charge in [-0.1, -0.05) is 42.5 Å². The van der Waals surface area contributed by atoms with E-state index < -0.39 is 31.4 Å². The van der Waals surface area contributed by atoms with Crippen molar-refractivity contribution in [2.75, 3.05) is 0 Å². The maximum Gasteiger partial charge on any atom is 0.454 e. The van der Waals surface area contributed by atoms with Gasteiger partial charge in [0, 0.05) is 5.56 Å². The van der Waals surface area contributed by atoms with Gasteiger partial charge >= 0.3 is 6.18 Å². The van der Waals surface area contributed by atoms with Gasteiger partial charge in [-0.15, -0.1) is 0 Å². The quantitative estimate of drug-likeness (QED) is 0.471. The predicted molar refractivity (Wildman–Crippen MR) is 64.5 cm³/mol. The number of halogens is 4. The Morgan fingerprint density at radius 2 is 1.61 bits per heavy atom. The highest BCUT2D eigenvalue weighted by Crippen LogP contribution is 2.21. The SMILES string of the molecule is CC(F)[Si](C)(C)c1ccc(C(=O)C(F)(F)F)cc1. The zero-order valence-electron chi connectivity index (χ0n) is 10.3. The molecule has 0 amide bonds. The van der Waals surface area contributed by atoms with E-state index in [2.05, 4.69) is 0 Å². The number of hydrogen-bond donors (Lipinski definition) is 0. The molecule has 100 valence electrons. The lowest BCUT2D eigenvalue weighted by atomic mass is 10.1. The third-order valence-corrected chi connectivity index (χ3v) is 6.95. The highest BCUT2D eigenvalue weighted by molar-refractivity contribution is 6.90. The predicted octanol–water partition coefficient (Wildman–Crippen LogP) is 3.24. The molecule has 0 fully saturated rings. The van der Waals surface area contributed by atoms with Crippen molar-refractivity contribution >= 4 is 19.0 Å². The minimum absolute atomic E-state index is 0.414. The second kappa shape index (κ2) is 4.83. The molecule has 0 aromatic heterocycles. The van der Waals surface area contributed by atoms with E-state index in [9.17, 15) is 22.4 Å². The summed E-state index contributed by atoms with van der Waals surface area (Å²) in [5, 5.41) is 0.691. The second-order valence-electron chi connectivity index (χ2n) is 4.74. The number of hydrogen-bond acceptors (Lipinski definition) is 1. The van der Waals surface area contributed by atoms with Crippen LogP contribution in [0.5, 0.6) is 0 Å². The summed E-state index contributed by atoms with van der Waals surface area (Å²) in [7, 11) is -2.32. The summed E-state index contributed by atoms with van der Waals surface area (Å²) in [5.41, 5.74) is -0.414. The van der Waals surface area contributed by atoms with E-state index in [1.54, 1.807) is 13.1 Å². The van der Waals surface area contributed by atoms with Crippen LogP contribution in [-0.2, 0) is 0 Å². The monoisotopic (exact) mass is 278 g/mol. The van der Waals surface area contributed by atoms with Crippen LogP contribution in [-0.4, -0.2) is 25.8 Å². The van der Waals surface area contributed by atoms with Crippen molar-refractivity contribution in [3.05, 3.63) is 29.8 Å². The van der Waals surface area contributed by atoms with Gasteiger partial charge in [-0.2, -0.15) is 13.2 Å². The molecule has 1 aromatic carbocycles. The number of carbonyl (C=O) groups is 1. The first-order valence-electron chi connectivity index (χ1n) is 5.43. The van der Waals surface area contributed by atoms with Crippen molar-refractivity contribution in [1.29, 1.82) is 0 Å². The summed E-state index contributed by atoms with van der Waals surface area (Å²) in [6, 6.07) is 5.06. The van der Waals surface area contributed by atoms with E-state index in [0.717, 1.165) is 12.1 Å². The van der Waals surface area contributed by atoms with Crippen LogP contribution in [0.2, 0.25) is 13.1 Å². The summed E-state index contributed by atoms with van der Waals surface area (Å²) < 4.78 is 50.0. The molecule has 1 unspecified atom stereocenters. The number of alkyl halides is 4. The van der Waals surface area contributed by atoms with E-state index in [0.29, 0.717) is 5.19 Å². The number of benzene rings is 1. The molecule has 0 aliphatic rings. The molecule has 0 saturated heterocycles. The highest BCUT2D eigenvalue weighted by Gasteiger charge is 2.39. The fourth-order valence-corrected chi connectivity index (χ4v) is 2.93. The van der Waals surface area contributed by atoms with E-state index in [1.165, 1.54) is 19.1 Å². The average Bonchev–Trinajstić information content (AvgIpc) is 2.26. The summed E-state index contributed by atoms with van der Waals surface area (Å²) >= 11 is 0. The van der Waals surface area contributed by atoms with Gasteiger partial charge in [-0.3, -0.25) is 9.18 Å². The van der Waals surface area contributed by atoms with Gasteiger partial charge in [-0.05, 0) is 6.92 Å². The number of ketones is 1. The molecule has 0 saturated carbocycles. The Balaban J connectivity index is 3.05. The molecule has 0 N–H and O–H groups in total. The Morgan fingerprint density at radius 1 is 1.17 bits per heavy atom. The highest BCUT2D eigenvalue weighted by atomic mass is 28.3. The van der Waals surface area contributed by atoms with E-state index in [1.807, 2.05) is 0 Å². The van der Waals surface area contributed by atoms with Gasteiger partial charge in [0.2, 0.25) is 0 Å². The van der Waals surface area contributed by atoms with Crippen molar-refractivity contribution in [2.45, 2.75) is 32.0 Å². The van der Waals surface area contributed by atoms with Crippen molar-refractivity contribution in [3.8, 4) is 0 Å². The average molecular weight is 278 g/mol. The molecule has 0 radical (unpaired) electrons. The van der Waals surface area contributed by atoms with Crippen LogP contribution in [0.1, 0.15) is 17.3 Å². The largest absolute Gasteiger partial charge is 0.454 e. The Kier molecular flexibility index (Phi) is 4.00. The van der Waals surface area contributed by atoms with Crippen LogP contribution in [0.3, 0.4) is 0 Å². The van der Waals surface area contributed by atoms with E-state index in [4.69, 9.17) is 0 Å². The molecule has 0 spiro atoms. The molecule has 1 rings (SSSR count). The molecule has 18 heavy (non-hydrogen) atoms. The Bertz CT molecular complexity index is 434. The lowest BCUT2D eigenvalue weighted by Gasteiger charge is -2.24. The van der Waals surface area contributed by atoms with Gasteiger partial charge in [0.05, 0.1) is 5.79 Å². The second-order valence-corrected chi connectivity index (χ2v) is 9.56. The van der Waals surface area contributed by atoms with Crippen LogP contribution in [0.15, 0.2) is 24.3 Å². The van der Waals surface area contributed by atoms with E-state index >= 15 is 0 Å². The van der Waals surface area contributed by atoms with Crippen LogP contribution in [0, 0.1) is 0 Å². The van der Waals surface area contributed by atoms with Gasteiger partial charge in [-0.25, -0.2) is 0 Å². The van der Waals surface area contributed by atoms with Gasteiger partial charge in [0.25, 0.3) is 5.78 Å². The Labute approximate surface area is 104 Å². The molecule has 1 aromatic rings. The van der Waals surface area contributed by atoms with Crippen LogP contribution in [0.4, 0.5) is 17.6 Å². The molecule has 0 heterocycles. The first-order chi connectivity index (χ1) is 8.06. The standard InChI is InChI=1S/C12H14F4OSi/c1-8(13)18(2,3)10-6-4-9(5-7-10)11(17)12(14,15)16/h4-8H,1-3H3. The van der Waals surface area contributed by atoms with Crippen molar-refractivity contribution in [1.82, 2.24) is 0 Å². The number of rotatable bonds is 3. The normalized spacial score (nSPS) is 14.4. The smallest absolute Gasteiger partial charge is 0.284 e. The van der Waals surface area contributed by atoms with Crippen LogP contribution >= 0.6 is 0 Å². The minimum Gasteiger partial charge on any atom is -0.284 e. The fraction of sp³-hybridized carbons (Fsp3) is 0.417. The zero-order chi connectivity index (χ0) is 14.1. The Morgan fingerprint density at radius 3 is 1.94 bits per heavy atom. The Hall–Kier alpha value is -1.17. The molecule has 0 aliphatic heterocycles. The lowest BCUT2D eigenvalue weighted by Crippen LogP contribution is -2.49. The van der Waals surface area contributed by atoms with Crippen molar-refractivity contribution < 1.29 is 22.4 Å². The number of Topliss-reactive ketones (excluding diaryl/α,β-unsaturated/α-hetero) is 1. The first kappa shape index (κ1) is 14.9. The van der Waals surface area contributed by atoms with Crippen molar-refractivity contribution in [2.24, 2.45) is 0 Å². The van der Waals surface area contributed by atoms with E-state index in [-0.39, 0.29) is 0 Å². The molecular weight excluding hydrogens is 264 g/mol. The first-order valence-corrected chi connectivity index (χ1v) is 8.50. The maximum absolute atomic E-state index is 13.4. The molecule has 6 heteroatoms. The topological polar surface area (TPSA) is 17.1 Å². The summed E-state index contributed by atoms with van der Waals surface area (Å²) in [6.07, 6.45) is -4.87. The minimum atomic E-state index is -4.87. The van der Waals surface area contributed by atoms with Crippen LogP contribution < -0.4 is 5.19 Å². The zero-order valence-corrected chi connectivity index (χ0v) is 11.3.